The number of carbonyl (C=O) groups excluding carboxylic acids is 1. The van der Waals surface area contributed by atoms with E-state index in [1.807, 2.05) is 0 Å². The number of amides is 1. The predicted octanol–water partition coefficient (Wildman–Crippen LogP) is 3.03. The minimum Gasteiger partial charge on any atom is -0.495 e. The van der Waals surface area contributed by atoms with E-state index in [4.69, 9.17) is 17.0 Å². The van der Waals surface area contributed by atoms with Gasteiger partial charge in [-0.25, -0.2) is 0 Å². The molecule has 0 fully saturated rings. The minimum absolute atomic E-state index is 0.0640. The molecular weight excluding hydrogens is 380 g/mol. The van der Waals surface area contributed by atoms with Gasteiger partial charge in [-0.2, -0.15) is 0 Å². The third-order valence-electron chi connectivity index (χ3n) is 4.28. The molecule has 1 atom stereocenters. The van der Waals surface area contributed by atoms with Crippen LogP contribution in [0.2, 0.25) is 0 Å². The summed E-state index contributed by atoms with van der Waals surface area (Å²) in [6, 6.07) is 12.5. The highest BCUT2D eigenvalue weighted by molar-refractivity contribution is 7.80. The van der Waals surface area contributed by atoms with E-state index in [1.54, 1.807) is 43.3 Å². The quantitative estimate of drug-likeness (QED) is 0.404. The molecule has 1 amide bonds. The molecule has 0 unspecified atom stereocenters. The van der Waals surface area contributed by atoms with Crippen LogP contribution < -0.4 is 20.7 Å². The normalized spacial score (nSPS) is 16.1. The maximum Gasteiger partial charge on any atom is 0.269 e. The second-order valence-corrected chi connectivity index (χ2v) is 6.48. The van der Waals surface area contributed by atoms with Gasteiger partial charge in [-0.15, -0.1) is 0 Å². The van der Waals surface area contributed by atoms with E-state index in [1.165, 1.54) is 19.2 Å². The molecule has 2 aromatic rings. The highest BCUT2D eigenvalue weighted by Crippen LogP contribution is 2.31. The van der Waals surface area contributed by atoms with E-state index in [0.29, 0.717) is 33.4 Å². The zero-order chi connectivity index (χ0) is 20.3. The van der Waals surface area contributed by atoms with Crippen LogP contribution in [-0.4, -0.2) is 23.1 Å². The Balaban J connectivity index is 1.99. The number of carbonyl (C=O) groups is 1. The fourth-order valence-corrected chi connectivity index (χ4v) is 3.27. The number of thiocarbonyl (C=S) groups is 1. The molecule has 1 heterocycles. The van der Waals surface area contributed by atoms with Crippen molar-refractivity contribution in [3.63, 3.8) is 0 Å². The lowest BCUT2D eigenvalue weighted by Crippen LogP contribution is -2.45. The van der Waals surface area contributed by atoms with Crippen LogP contribution in [0.4, 0.5) is 11.4 Å². The molecule has 28 heavy (non-hydrogen) atoms. The van der Waals surface area contributed by atoms with Gasteiger partial charge >= 0.3 is 0 Å². The molecule has 0 spiro atoms. The first-order chi connectivity index (χ1) is 13.4. The van der Waals surface area contributed by atoms with Crippen LogP contribution in [-0.2, 0) is 4.79 Å². The van der Waals surface area contributed by atoms with Crippen LogP contribution in [0.3, 0.4) is 0 Å². The van der Waals surface area contributed by atoms with E-state index in [0.717, 1.165) is 0 Å². The molecule has 3 rings (SSSR count). The number of non-ortho nitro benzene ring substituents is 1. The van der Waals surface area contributed by atoms with Crippen molar-refractivity contribution in [2.75, 3.05) is 12.4 Å². The fraction of sp³-hybridized carbons (Fsp3) is 0.158. The first-order valence-corrected chi connectivity index (χ1v) is 8.78. The topological polar surface area (TPSA) is 106 Å². The van der Waals surface area contributed by atoms with E-state index in [2.05, 4.69) is 16.0 Å². The number of anilines is 1. The molecule has 3 N–H and O–H groups in total. The van der Waals surface area contributed by atoms with Gasteiger partial charge in [-0.1, -0.05) is 24.3 Å². The highest BCUT2D eigenvalue weighted by atomic mass is 32.1. The fourth-order valence-electron chi connectivity index (χ4n) is 3.00. The monoisotopic (exact) mass is 398 g/mol. The maximum absolute atomic E-state index is 13.1. The van der Waals surface area contributed by atoms with Crippen molar-refractivity contribution in [1.82, 2.24) is 10.6 Å². The Labute approximate surface area is 166 Å². The van der Waals surface area contributed by atoms with Crippen LogP contribution in [0.5, 0.6) is 5.75 Å². The highest BCUT2D eigenvalue weighted by Gasteiger charge is 2.31. The number of ether oxygens (including phenoxy) is 1. The van der Waals surface area contributed by atoms with Crippen LogP contribution in [0.25, 0.3) is 0 Å². The average molecular weight is 398 g/mol. The van der Waals surface area contributed by atoms with Crippen molar-refractivity contribution in [1.29, 1.82) is 0 Å². The second kappa shape index (κ2) is 8.05. The molecule has 0 saturated carbocycles. The maximum atomic E-state index is 13.1. The SMILES string of the molecule is COc1ccccc1NC(=O)C1=C(C)NC(=S)N[C@@H]1c1cccc([N+](=O)[O-])c1. The van der Waals surface area contributed by atoms with Gasteiger partial charge in [0.1, 0.15) is 5.75 Å². The summed E-state index contributed by atoms with van der Waals surface area (Å²) >= 11 is 5.21. The molecule has 1 aliphatic heterocycles. The number of rotatable bonds is 5. The number of nitrogens with one attached hydrogen (secondary N) is 3. The van der Waals surface area contributed by atoms with E-state index < -0.39 is 11.0 Å². The van der Waals surface area contributed by atoms with E-state index in [-0.39, 0.29) is 11.6 Å². The van der Waals surface area contributed by atoms with Gasteiger partial charge in [-0.05, 0) is 36.8 Å². The van der Waals surface area contributed by atoms with E-state index >= 15 is 0 Å². The first kappa shape index (κ1) is 19.3. The summed E-state index contributed by atoms with van der Waals surface area (Å²) in [5.41, 5.74) is 1.95. The third-order valence-corrected chi connectivity index (χ3v) is 4.50. The van der Waals surface area contributed by atoms with Crippen molar-refractivity contribution < 1.29 is 14.5 Å². The number of hydrogen-bond acceptors (Lipinski definition) is 5. The Morgan fingerprint density at radius 2 is 2.00 bits per heavy atom. The van der Waals surface area contributed by atoms with Gasteiger partial charge in [0.05, 0.1) is 29.3 Å². The van der Waals surface area contributed by atoms with Gasteiger partial charge in [0.2, 0.25) is 0 Å². The summed E-state index contributed by atoms with van der Waals surface area (Å²) in [4.78, 5) is 23.7. The molecule has 0 saturated heterocycles. The van der Waals surface area contributed by atoms with Gasteiger partial charge in [0.25, 0.3) is 11.6 Å². The Morgan fingerprint density at radius 1 is 1.25 bits per heavy atom. The largest absolute Gasteiger partial charge is 0.495 e. The molecule has 9 heteroatoms. The van der Waals surface area contributed by atoms with Crippen molar-refractivity contribution >= 4 is 34.6 Å². The van der Waals surface area contributed by atoms with Crippen LogP contribution in [0.1, 0.15) is 18.5 Å². The lowest BCUT2D eigenvalue weighted by Gasteiger charge is -2.30. The molecule has 0 radical (unpaired) electrons. The molecule has 8 nitrogen and oxygen atoms in total. The number of nitro groups is 1. The number of methoxy groups -OCH3 is 1. The second-order valence-electron chi connectivity index (χ2n) is 6.08. The standard InChI is InChI=1S/C19H18N4O4S/c1-11-16(18(24)21-14-8-3-4-9-15(14)27-2)17(22-19(28)20-11)12-6-5-7-13(10-12)23(25)26/h3-10,17H,1-2H3,(H,21,24)(H2,20,22,28)/t17-/m1/s1. The van der Waals surface area contributed by atoms with Crippen LogP contribution in [0.15, 0.2) is 59.8 Å². The van der Waals surface area contributed by atoms with Gasteiger partial charge in [-0.3, -0.25) is 14.9 Å². The third kappa shape index (κ3) is 3.94. The summed E-state index contributed by atoms with van der Waals surface area (Å²) < 4.78 is 5.27. The molecule has 2 aromatic carbocycles. The molecule has 144 valence electrons. The lowest BCUT2D eigenvalue weighted by molar-refractivity contribution is -0.384. The summed E-state index contributed by atoms with van der Waals surface area (Å²) in [5.74, 6) is 0.147. The Kier molecular flexibility index (Phi) is 5.55. The lowest BCUT2D eigenvalue weighted by atomic mass is 9.94. The Hall–Kier alpha value is -3.46. The number of para-hydroxylation sites is 2. The van der Waals surface area contributed by atoms with Gasteiger partial charge in [0.15, 0.2) is 5.11 Å². The zero-order valence-corrected chi connectivity index (χ0v) is 16.0. The number of hydrogen-bond donors (Lipinski definition) is 3. The zero-order valence-electron chi connectivity index (χ0n) is 15.2. The number of benzene rings is 2. The average Bonchev–Trinajstić information content (AvgIpc) is 2.67. The van der Waals surface area contributed by atoms with Gasteiger partial charge in [0, 0.05) is 17.8 Å². The Morgan fingerprint density at radius 3 is 2.71 bits per heavy atom. The molecular formula is C19H18N4O4S. The summed E-state index contributed by atoms with van der Waals surface area (Å²) in [5, 5.41) is 20.3. The van der Waals surface area contributed by atoms with E-state index in [9.17, 15) is 14.9 Å². The van der Waals surface area contributed by atoms with Crippen molar-refractivity contribution in [3.05, 3.63) is 75.5 Å². The summed E-state index contributed by atoms with van der Waals surface area (Å²) in [7, 11) is 1.52. The van der Waals surface area contributed by atoms with Crippen molar-refractivity contribution in [2.45, 2.75) is 13.0 Å². The van der Waals surface area contributed by atoms with Crippen molar-refractivity contribution in [3.8, 4) is 5.75 Å². The number of nitro benzene ring substituents is 1. The number of allylic oxidation sites excluding steroid dienone is 1. The van der Waals surface area contributed by atoms with Gasteiger partial charge < -0.3 is 20.7 Å². The van der Waals surface area contributed by atoms with Crippen LogP contribution >= 0.6 is 12.2 Å². The Bertz CT molecular complexity index is 989. The minimum atomic E-state index is -0.636. The smallest absolute Gasteiger partial charge is 0.269 e. The summed E-state index contributed by atoms with van der Waals surface area (Å²) in [6.07, 6.45) is 0. The van der Waals surface area contributed by atoms with Crippen molar-refractivity contribution in [2.24, 2.45) is 0 Å². The predicted molar refractivity (Wildman–Crippen MR) is 109 cm³/mol. The first-order valence-electron chi connectivity index (χ1n) is 8.37. The van der Waals surface area contributed by atoms with Crippen LogP contribution in [0, 0.1) is 10.1 Å². The molecule has 1 aliphatic rings. The molecule has 0 bridgehead atoms. The molecule has 0 aromatic heterocycles. The summed E-state index contributed by atoms with van der Waals surface area (Å²) in [6.45, 7) is 1.73. The molecule has 0 aliphatic carbocycles. The number of nitrogens with zero attached hydrogens (tertiary/aromatic N) is 1.